The van der Waals surface area contributed by atoms with Crippen LogP contribution in [0.3, 0.4) is 0 Å². The van der Waals surface area contributed by atoms with Crippen molar-refractivity contribution in [2.24, 2.45) is 27.8 Å². The van der Waals surface area contributed by atoms with Crippen molar-refractivity contribution in [1.29, 1.82) is 0 Å². The zero-order valence-corrected chi connectivity index (χ0v) is 9.78. The number of nitrogens with two attached hydrogens (primary N) is 1. The number of amidine groups is 1. The Morgan fingerprint density at radius 3 is 2.00 bits per heavy atom. The molecule has 0 radical (unpaired) electrons. The van der Waals surface area contributed by atoms with Gasteiger partial charge in [-0.25, -0.2) is 0 Å². The highest BCUT2D eigenvalue weighted by atomic mass is 15.2. The van der Waals surface area contributed by atoms with Crippen LogP contribution in [-0.2, 0) is 0 Å². The van der Waals surface area contributed by atoms with E-state index in [9.17, 15) is 0 Å². The molecule has 0 aliphatic carbocycles. The summed E-state index contributed by atoms with van der Waals surface area (Å²) in [7, 11) is 0. The molecule has 80 valence electrons. The Labute approximate surface area is 86.8 Å². The summed E-state index contributed by atoms with van der Waals surface area (Å²) in [6.07, 6.45) is 3.92. The van der Waals surface area contributed by atoms with E-state index in [2.05, 4.69) is 24.1 Å². The molecular weight excluding hydrogens is 174 g/mol. The second-order valence-electron chi connectivity index (χ2n) is 3.86. The van der Waals surface area contributed by atoms with Crippen LogP contribution in [0.5, 0.6) is 0 Å². The molecule has 0 spiro atoms. The first-order valence-corrected chi connectivity index (χ1v) is 5.02. The lowest BCUT2D eigenvalue weighted by atomic mass is 10.1. The molecule has 0 atom stereocenters. The van der Waals surface area contributed by atoms with Crippen LogP contribution in [0.1, 0.15) is 34.6 Å². The summed E-state index contributed by atoms with van der Waals surface area (Å²) in [6.45, 7) is 10.1. The van der Waals surface area contributed by atoms with Gasteiger partial charge < -0.3 is 5.73 Å². The van der Waals surface area contributed by atoms with Crippen molar-refractivity contribution in [3.63, 3.8) is 0 Å². The maximum atomic E-state index is 5.68. The summed E-state index contributed by atoms with van der Waals surface area (Å²) < 4.78 is 0. The third-order valence-corrected chi connectivity index (χ3v) is 1.80. The third-order valence-electron chi connectivity index (χ3n) is 1.80. The van der Waals surface area contributed by atoms with Crippen molar-refractivity contribution in [3.8, 4) is 0 Å². The van der Waals surface area contributed by atoms with Gasteiger partial charge in [-0.05, 0) is 18.9 Å². The SMILES string of the molecule is C\C=C/C(=N\N=C(/N)C(C)C)C(C)C. The smallest absolute Gasteiger partial charge is 0.124 e. The van der Waals surface area contributed by atoms with Crippen LogP contribution < -0.4 is 5.73 Å². The fourth-order valence-electron chi connectivity index (χ4n) is 0.743. The molecule has 0 aromatic heterocycles. The average Bonchev–Trinajstić information content (AvgIpc) is 2.10. The predicted octanol–water partition coefficient (Wildman–Crippen LogP) is 2.59. The first-order valence-electron chi connectivity index (χ1n) is 5.02. The molecule has 0 unspecified atom stereocenters. The number of allylic oxidation sites excluding steroid dienone is 2. The minimum atomic E-state index is 0.248. The van der Waals surface area contributed by atoms with Crippen LogP contribution in [0, 0.1) is 11.8 Å². The molecule has 3 nitrogen and oxygen atoms in total. The number of hydrogen-bond acceptors (Lipinski definition) is 2. The van der Waals surface area contributed by atoms with Gasteiger partial charge in [0.05, 0.1) is 5.71 Å². The van der Waals surface area contributed by atoms with Crippen molar-refractivity contribution in [2.45, 2.75) is 34.6 Å². The zero-order valence-electron chi connectivity index (χ0n) is 9.78. The van der Waals surface area contributed by atoms with Gasteiger partial charge in [-0.1, -0.05) is 33.8 Å². The molecule has 0 saturated heterocycles. The van der Waals surface area contributed by atoms with Gasteiger partial charge in [-0.3, -0.25) is 0 Å². The van der Waals surface area contributed by atoms with Crippen LogP contribution >= 0.6 is 0 Å². The molecule has 14 heavy (non-hydrogen) atoms. The van der Waals surface area contributed by atoms with E-state index in [1.807, 2.05) is 32.9 Å². The summed E-state index contributed by atoms with van der Waals surface area (Å²) in [5, 5.41) is 8.12. The van der Waals surface area contributed by atoms with Gasteiger partial charge in [0.1, 0.15) is 5.84 Å². The second-order valence-corrected chi connectivity index (χ2v) is 3.86. The average molecular weight is 195 g/mol. The summed E-state index contributed by atoms with van der Waals surface area (Å²) in [5.41, 5.74) is 6.63. The molecule has 2 N–H and O–H groups in total. The number of rotatable bonds is 4. The molecule has 0 heterocycles. The van der Waals surface area contributed by atoms with Crippen LogP contribution in [0.4, 0.5) is 0 Å². The topological polar surface area (TPSA) is 50.7 Å². The first-order chi connectivity index (χ1) is 6.49. The van der Waals surface area contributed by atoms with Crippen molar-refractivity contribution in [3.05, 3.63) is 12.2 Å². The monoisotopic (exact) mass is 195 g/mol. The maximum absolute atomic E-state index is 5.68. The fourth-order valence-corrected chi connectivity index (χ4v) is 0.743. The highest BCUT2D eigenvalue weighted by Gasteiger charge is 2.01. The van der Waals surface area contributed by atoms with Crippen molar-refractivity contribution < 1.29 is 0 Å². The van der Waals surface area contributed by atoms with E-state index in [1.165, 1.54) is 0 Å². The van der Waals surface area contributed by atoms with Crippen LogP contribution in [0.2, 0.25) is 0 Å². The molecular formula is C11H21N3. The minimum absolute atomic E-state index is 0.248. The van der Waals surface area contributed by atoms with Crippen LogP contribution in [-0.4, -0.2) is 11.5 Å². The molecule has 0 aliphatic rings. The Kier molecular flexibility index (Phi) is 5.84. The van der Waals surface area contributed by atoms with Gasteiger partial charge in [0.15, 0.2) is 0 Å². The molecule has 0 aromatic rings. The van der Waals surface area contributed by atoms with Crippen molar-refractivity contribution in [2.75, 3.05) is 0 Å². The Bertz CT molecular complexity index is 247. The normalized spacial score (nSPS) is 14.8. The Hall–Kier alpha value is -1.12. The molecule has 0 saturated carbocycles. The minimum Gasteiger partial charge on any atom is -0.385 e. The molecule has 0 aliphatic heterocycles. The van der Waals surface area contributed by atoms with E-state index < -0.39 is 0 Å². The van der Waals surface area contributed by atoms with Gasteiger partial charge >= 0.3 is 0 Å². The maximum Gasteiger partial charge on any atom is 0.124 e. The highest BCUT2D eigenvalue weighted by Crippen LogP contribution is 2.01. The summed E-state index contributed by atoms with van der Waals surface area (Å²) in [4.78, 5) is 0. The van der Waals surface area contributed by atoms with Crippen LogP contribution in [0.15, 0.2) is 22.4 Å². The van der Waals surface area contributed by atoms with E-state index in [0.717, 1.165) is 5.71 Å². The molecule has 0 amide bonds. The highest BCUT2D eigenvalue weighted by molar-refractivity contribution is 5.96. The quantitative estimate of drug-likeness (QED) is 0.418. The van der Waals surface area contributed by atoms with E-state index >= 15 is 0 Å². The third kappa shape index (κ3) is 4.80. The van der Waals surface area contributed by atoms with E-state index in [4.69, 9.17) is 5.73 Å². The van der Waals surface area contributed by atoms with Gasteiger partial charge in [0.2, 0.25) is 0 Å². The Morgan fingerprint density at radius 1 is 1.07 bits per heavy atom. The van der Waals surface area contributed by atoms with Crippen molar-refractivity contribution >= 4 is 11.5 Å². The summed E-state index contributed by atoms with van der Waals surface area (Å²) in [5.74, 6) is 1.19. The van der Waals surface area contributed by atoms with Gasteiger partial charge in [-0.15, -0.1) is 5.10 Å². The predicted molar refractivity (Wildman–Crippen MR) is 63.5 cm³/mol. The van der Waals surface area contributed by atoms with Gasteiger partial charge in [-0.2, -0.15) is 5.10 Å². The molecule has 3 heteroatoms. The second kappa shape index (κ2) is 6.35. The lowest BCUT2D eigenvalue weighted by molar-refractivity contribution is 0.852. The van der Waals surface area contributed by atoms with Crippen LogP contribution in [0.25, 0.3) is 0 Å². The lowest BCUT2D eigenvalue weighted by Crippen LogP contribution is -2.18. The van der Waals surface area contributed by atoms with Gasteiger partial charge in [0.25, 0.3) is 0 Å². The molecule has 0 aromatic carbocycles. The fraction of sp³-hybridized carbons (Fsp3) is 0.636. The van der Waals surface area contributed by atoms with Crippen molar-refractivity contribution in [1.82, 2.24) is 0 Å². The first kappa shape index (κ1) is 12.9. The molecule has 0 fully saturated rings. The number of nitrogens with zero attached hydrogens (tertiary/aromatic N) is 2. The van der Waals surface area contributed by atoms with E-state index in [1.54, 1.807) is 0 Å². The molecule has 0 bridgehead atoms. The summed E-state index contributed by atoms with van der Waals surface area (Å²) in [6, 6.07) is 0. The zero-order chi connectivity index (χ0) is 11.1. The van der Waals surface area contributed by atoms with E-state index in [-0.39, 0.29) is 5.92 Å². The van der Waals surface area contributed by atoms with Gasteiger partial charge in [0, 0.05) is 5.92 Å². The summed E-state index contributed by atoms with van der Waals surface area (Å²) >= 11 is 0. The lowest BCUT2D eigenvalue weighted by Gasteiger charge is -2.04. The standard InChI is InChI=1S/C11H21N3/c1-6-7-10(8(2)3)13-14-11(12)9(4)5/h6-9H,1-5H3,(H2,12,14)/b7-6-,13-10+. The Balaban J connectivity index is 4.67. The molecule has 0 rings (SSSR count). The largest absolute Gasteiger partial charge is 0.385 e. The van der Waals surface area contributed by atoms with E-state index in [0.29, 0.717) is 11.8 Å². The number of hydrogen-bond donors (Lipinski definition) is 1. The Morgan fingerprint density at radius 2 is 1.64 bits per heavy atom.